The second kappa shape index (κ2) is 44.2. The minimum absolute atomic E-state index is 0. The van der Waals surface area contributed by atoms with E-state index in [0.717, 1.165) is 25.7 Å². The molecule has 0 rings (SSSR count). The van der Waals surface area contributed by atoms with Crippen molar-refractivity contribution in [1.29, 1.82) is 0 Å². The zero-order valence-corrected chi connectivity index (χ0v) is 36.7. The van der Waals surface area contributed by atoms with Gasteiger partial charge >= 0.3 is 11.9 Å². The zero-order valence-electron chi connectivity index (χ0n) is 30.8. The van der Waals surface area contributed by atoms with Crippen LogP contribution in [0.1, 0.15) is 226 Å². The molecule has 0 atom stereocenters. The van der Waals surface area contributed by atoms with E-state index in [1.807, 2.05) is 0 Å². The molecule has 0 aromatic heterocycles. The van der Waals surface area contributed by atoms with Crippen molar-refractivity contribution in [3.05, 3.63) is 0 Å². The maximum absolute atomic E-state index is 11.9. The first-order chi connectivity index (χ1) is 21.2. The summed E-state index contributed by atoms with van der Waals surface area (Å²) in [5, 5.41) is 0. The molecule has 0 N–H and O–H groups in total. The SMILES string of the molecule is CCCCCCCCCCCCCCCCCC(=O)OCCCOC(=O)CCCCCCCCCCCCCCCCC.[Zn].[Zn]. The summed E-state index contributed by atoms with van der Waals surface area (Å²) in [5.41, 5.74) is 0. The van der Waals surface area contributed by atoms with Crippen molar-refractivity contribution < 1.29 is 58.0 Å². The molecule has 4 nitrogen and oxygen atoms in total. The molecular weight excluding hydrogens is 663 g/mol. The molecule has 0 saturated carbocycles. The molecule has 0 bridgehead atoms. The zero-order chi connectivity index (χ0) is 31.3. The number of hydrogen-bond donors (Lipinski definition) is 0. The number of rotatable bonds is 36. The Bertz CT molecular complexity index is 525. The van der Waals surface area contributed by atoms with E-state index in [0.29, 0.717) is 32.5 Å². The summed E-state index contributed by atoms with van der Waals surface area (Å²) in [5.74, 6) is -0.224. The molecule has 0 aromatic rings. The Morgan fingerprint density at radius 3 is 0.733 bits per heavy atom. The van der Waals surface area contributed by atoms with Gasteiger partial charge in [0, 0.05) is 58.2 Å². The molecular formula is C39H76O4Zn2. The molecule has 45 heavy (non-hydrogen) atoms. The van der Waals surface area contributed by atoms with Gasteiger partial charge in [-0.3, -0.25) is 9.59 Å². The Balaban J connectivity index is -0.00000882. The van der Waals surface area contributed by atoms with Gasteiger partial charge in [0.05, 0.1) is 13.2 Å². The average Bonchev–Trinajstić information content (AvgIpc) is 3.00. The Labute approximate surface area is 307 Å². The molecule has 0 spiro atoms. The van der Waals surface area contributed by atoms with Crippen LogP contribution >= 0.6 is 0 Å². The molecule has 0 aliphatic carbocycles. The Morgan fingerprint density at radius 2 is 0.511 bits per heavy atom. The van der Waals surface area contributed by atoms with Crippen LogP contribution in [0, 0.1) is 0 Å². The second-order valence-electron chi connectivity index (χ2n) is 13.2. The number of unbranched alkanes of at least 4 members (excludes halogenated alkanes) is 28. The van der Waals surface area contributed by atoms with Crippen molar-refractivity contribution in [3.8, 4) is 0 Å². The maximum Gasteiger partial charge on any atom is 0.305 e. The first-order valence-electron chi connectivity index (χ1n) is 19.5. The molecule has 0 aromatic carbocycles. The Morgan fingerprint density at radius 1 is 0.311 bits per heavy atom. The molecule has 0 heterocycles. The largest absolute Gasteiger partial charge is 0.466 e. The van der Waals surface area contributed by atoms with Crippen LogP contribution in [0.2, 0.25) is 0 Å². The smallest absolute Gasteiger partial charge is 0.305 e. The molecule has 0 aliphatic rings. The van der Waals surface area contributed by atoms with Crippen molar-refractivity contribution in [2.75, 3.05) is 13.2 Å². The fourth-order valence-corrected chi connectivity index (χ4v) is 5.86. The number of ether oxygens (including phenoxy) is 2. The fraction of sp³-hybridized carbons (Fsp3) is 0.949. The van der Waals surface area contributed by atoms with Gasteiger partial charge < -0.3 is 9.47 Å². The summed E-state index contributed by atoms with van der Waals surface area (Å²) in [6.45, 7) is 5.26. The summed E-state index contributed by atoms with van der Waals surface area (Å²) in [7, 11) is 0. The third-order valence-corrected chi connectivity index (χ3v) is 8.78. The van der Waals surface area contributed by atoms with E-state index in [4.69, 9.17) is 9.47 Å². The number of carbonyl (C=O) groups is 2. The molecule has 0 unspecified atom stereocenters. The minimum atomic E-state index is -0.112. The minimum Gasteiger partial charge on any atom is -0.466 e. The van der Waals surface area contributed by atoms with Gasteiger partial charge in [-0.05, 0) is 12.8 Å². The van der Waals surface area contributed by atoms with E-state index in [2.05, 4.69) is 13.8 Å². The van der Waals surface area contributed by atoms with E-state index < -0.39 is 0 Å². The predicted molar refractivity (Wildman–Crippen MR) is 186 cm³/mol. The second-order valence-corrected chi connectivity index (χ2v) is 13.2. The van der Waals surface area contributed by atoms with E-state index in [9.17, 15) is 9.59 Å². The van der Waals surface area contributed by atoms with E-state index in [1.165, 1.54) is 167 Å². The van der Waals surface area contributed by atoms with Crippen LogP contribution in [-0.2, 0) is 58.0 Å². The molecule has 0 amide bonds. The molecule has 6 heteroatoms. The van der Waals surface area contributed by atoms with E-state index >= 15 is 0 Å². The fourth-order valence-electron chi connectivity index (χ4n) is 5.86. The number of esters is 2. The van der Waals surface area contributed by atoms with Gasteiger partial charge in [0.25, 0.3) is 0 Å². The van der Waals surface area contributed by atoms with E-state index in [1.54, 1.807) is 0 Å². The van der Waals surface area contributed by atoms with Crippen LogP contribution < -0.4 is 0 Å². The van der Waals surface area contributed by atoms with Gasteiger partial charge in [-0.2, -0.15) is 0 Å². The first kappa shape index (κ1) is 49.6. The van der Waals surface area contributed by atoms with Crippen LogP contribution in [0.5, 0.6) is 0 Å². The van der Waals surface area contributed by atoms with Gasteiger partial charge in [0.1, 0.15) is 0 Å². The Kier molecular flexibility index (Phi) is 48.7. The summed E-state index contributed by atoms with van der Waals surface area (Å²) in [4.78, 5) is 23.8. The Hall–Kier alpha value is 0.187. The molecule has 260 valence electrons. The van der Waals surface area contributed by atoms with Crippen LogP contribution in [0.25, 0.3) is 0 Å². The van der Waals surface area contributed by atoms with Crippen molar-refractivity contribution in [2.24, 2.45) is 0 Å². The van der Waals surface area contributed by atoms with Crippen LogP contribution in [0.3, 0.4) is 0 Å². The third-order valence-electron chi connectivity index (χ3n) is 8.78. The number of hydrogen-bond acceptors (Lipinski definition) is 4. The summed E-state index contributed by atoms with van der Waals surface area (Å²) < 4.78 is 10.6. The van der Waals surface area contributed by atoms with Crippen molar-refractivity contribution in [2.45, 2.75) is 226 Å². The van der Waals surface area contributed by atoms with Crippen LogP contribution in [-0.4, -0.2) is 25.2 Å². The quantitative estimate of drug-likeness (QED) is 0.0365. The summed E-state index contributed by atoms with van der Waals surface area (Å²) in [6.07, 6.45) is 41.4. The molecule has 0 radical (unpaired) electrons. The van der Waals surface area contributed by atoms with Crippen LogP contribution in [0.4, 0.5) is 0 Å². The number of carbonyl (C=O) groups excluding carboxylic acids is 2. The van der Waals surface area contributed by atoms with Crippen molar-refractivity contribution >= 4 is 11.9 Å². The third kappa shape index (κ3) is 44.2. The maximum atomic E-state index is 11.9. The van der Waals surface area contributed by atoms with Crippen molar-refractivity contribution in [3.63, 3.8) is 0 Å². The standard InChI is InChI=1S/C39H76O4.2Zn/c1-3-5-7-9-11-13-15-17-19-21-23-25-27-29-31-34-38(40)42-36-33-37-43-39(41)35-32-30-28-26-24-22-20-18-16-14-12-10-8-6-4-2;;/h3-37H2,1-2H3;;. The monoisotopic (exact) mass is 736 g/mol. The summed E-state index contributed by atoms with van der Waals surface area (Å²) in [6, 6.07) is 0. The van der Waals surface area contributed by atoms with Gasteiger partial charge in [-0.15, -0.1) is 0 Å². The molecule has 0 fully saturated rings. The van der Waals surface area contributed by atoms with Crippen LogP contribution in [0.15, 0.2) is 0 Å². The van der Waals surface area contributed by atoms with Crippen molar-refractivity contribution in [1.82, 2.24) is 0 Å². The normalized spacial score (nSPS) is 10.7. The molecule has 0 aliphatic heterocycles. The summed E-state index contributed by atoms with van der Waals surface area (Å²) >= 11 is 0. The predicted octanol–water partition coefficient (Wildman–Crippen LogP) is 13.0. The van der Waals surface area contributed by atoms with Gasteiger partial charge in [0.2, 0.25) is 0 Å². The average molecular weight is 740 g/mol. The molecule has 0 saturated heterocycles. The van der Waals surface area contributed by atoms with E-state index in [-0.39, 0.29) is 50.9 Å². The topological polar surface area (TPSA) is 52.6 Å². The van der Waals surface area contributed by atoms with Gasteiger partial charge in [0.15, 0.2) is 0 Å². The first-order valence-corrected chi connectivity index (χ1v) is 19.5. The van der Waals surface area contributed by atoms with Gasteiger partial charge in [-0.1, -0.05) is 194 Å². The van der Waals surface area contributed by atoms with Gasteiger partial charge in [-0.25, -0.2) is 0 Å².